The van der Waals surface area contributed by atoms with Crippen LogP contribution < -0.4 is 4.90 Å². The van der Waals surface area contributed by atoms with Gasteiger partial charge in [0.1, 0.15) is 0 Å². The van der Waals surface area contributed by atoms with Gasteiger partial charge in [0.05, 0.1) is 0 Å². The van der Waals surface area contributed by atoms with Crippen LogP contribution in [0.1, 0.15) is 84.6 Å². The summed E-state index contributed by atoms with van der Waals surface area (Å²) in [7, 11) is 0. The first-order valence-corrected chi connectivity index (χ1v) is 10.9. The lowest BCUT2D eigenvalue weighted by molar-refractivity contribution is 0.436. The van der Waals surface area contributed by atoms with E-state index in [1.807, 2.05) is 0 Å². The first-order valence-electron chi connectivity index (χ1n) is 10.9. The number of rotatable bonds is 9. The second kappa shape index (κ2) is 10.1. The van der Waals surface area contributed by atoms with Crippen molar-refractivity contribution in [3.8, 4) is 0 Å². The zero-order valence-corrected chi connectivity index (χ0v) is 20.1. The monoisotopic (exact) mass is 479 g/mol. The summed E-state index contributed by atoms with van der Waals surface area (Å²) in [4.78, 5) is 2.70. The molecule has 1 atom stereocenters. The number of hydrogen-bond donors (Lipinski definition) is 0. The molecule has 1 aliphatic heterocycles. The predicted octanol–water partition coefficient (Wildman–Crippen LogP) is 8.08. The number of halogens is 1. The van der Waals surface area contributed by atoms with E-state index in [4.69, 9.17) is 0 Å². The average molecular weight is 479 g/mol. The third kappa shape index (κ3) is 4.81. The van der Waals surface area contributed by atoms with Crippen molar-refractivity contribution in [3.63, 3.8) is 0 Å². The van der Waals surface area contributed by atoms with Crippen molar-refractivity contribution < 1.29 is 0 Å². The van der Waals surface area contributed by atoms with Crippen LogP contribution in [0.4, 0.5) is 5.69 Å². The van der Waals surface area contributed by atoms with Crippen molar-refractivity contribution in [2.75, 3.05) is 11.4 Å². The molecule has 2 aromatic carbocycles. The zero-order valence-electron chi connectivity index (χ0n) is 17.8. The van der Waals surface area contributed by atoms with Gasteiger partial charge in [-0.3, -0.25) is 0 Å². The summed E-state index contributed by atoms with van der Waals surface area (Å²) in [6.07, 6.45) is 11.1. The molecule has 0 saturated heterocycles. The normalized spacial score (nSPS) is 17.8. The standard InChI is InChI=1S/C25H37N.HI/c1-5-6-7-8-9-10-11-14-19-26-20(2)25(3,4)23-18-17-21-15-12-13-16-22(21)24(23)26;/h12-13,15-18,20H,5-11,14,19H2,1-4H3;1H. The molecule has 2 aromatic rings. The van der Waals surface area contributed by atoms with E-state index in [0.29, 0.717) is 6.04 Å². The van der Waals surface area contributed by atoms with E-state index in [1.165, 1.54) is 79.9 Å². The largest absolute Gasteiger partial charge is 0.367 e. The second-order valence-corrected chi connectivity index (χ2v) is 8.75. The Bertz CT molecular complexity index is 721. The van der Waals surface area contributed by atoms with Gasteiger partial charge >= 0.3 is 0 Å². The molecule has 3 rings (SSSR count). The number of anilines is 1. The molecule has 0 fully saturated rings. The third-order valence-electron chi connectivity index (χ3n) is 6.65. The molecule has 2 heteroatoms. The van der Waals surface area contributed by atoms with Crippen LogP contribution in [0, 0.1) is 0 Å². The van der Waals surface area contributed by atoms with Crippen LogP contribution in [0.3, 0.4) is 0 Å². The number of benzene rings is 2. The summed E-state index contributed by atoms with van der Waals surface area (Å²) < 4.78 is 0. The van der Waals surface area contributed by atoms with Gasteiger partial charge in [-0.05, 0) is 24.3 Å². The fraction of sp³-hybridized carbons (Fsp3) is 0.600. The SMILES string of the molecule is CCCCCCCCCCN1c2c(ccc3ccccc23)C(C)(C)C1C.I. The van der Waals surface area contributed by atoms with Crippen molar-refractivity contribution in [2.24, 2.45) is 0 Å². The molecule has 0 saturated carbocycles. The van der Waals surface area contributed by atoms with Crippen molar-refractivity contribution in [1.29, 1.82) is 0 Å². The number of unbranched alkanes of at least 4 members (excludes halogenated alkanes) is 7. The molecular weight excluding hydrogens is 441 g/mol. The van der Waals surface area contributed by atoms with Crippen molar-refractivity contribution >= 4 is 40.4 Å². The molecule has 0 aliphatic carbocycles. The first kappa shape index (κ1) is 22.5. The van der Waals surface area contributed by atoms with Crippen molar-refractivity contribution in [2.45, 2.75) is 90.5 Å². The molecule has 1 nitrogen and oxygen atoms in total. The highest BCUT2D eigenvalue weighted by Crippen LogP contribution is 2.48. The third-order valence-corrected chi connectivity index (χ3v) is 6.65. The Morgan fingerprint density at radius 1 is 0.852 bits per heavy atom. The fourth-order valence-corrected chi connectivity index (χ4v) is 4.61. The molecule has 0 N–H and O–H groups in total. The van der Waals surface area contributed by atoms with Crippen LogP contribution in [0.25, 0.3) is 10.8 Å². The predicted molar refractivity (Wildman–Crippen MR) is 132 cm³/mol. The quantitative estimate of drug-likeness (QED) is 0.260. The lowest BCUT2D eigenvalue weighted by atomic mass is 9.81. The van der Waals surface area contributed by atoms with E-state index in [9.17, 15) is 0 Å². The van der Waals surface area contributed by atoms with E-state index < -0.39 is 0 Å². The Hall–Kier alpha value is -0.770. The minimum Gasteiger partial charge on any atom is -0.367 e. The van der Waals surface area contributed by atoms with E-state index >= 15 is 0 Å². The minimum absolute atomic E-state index is 0. The van der Waals surface area contributed by atoms with Gasteiger partial charge in [-0.15, -0.1) is 24.0 Å². The average Bonchev–Trinajstić information content (AvgIpc) is 2.84. The Morgan fingerprint density at radius 3 is 2.19 bits per heavy atom. The van der Waals surface area contributed by atoms with Gasteiger partial charge in [-0.25, -0.2) is 0 Å². The first-order chi connectivity index (χ1) is 12.6. The van der Waals surface area contributed by atoms with Crippen molar-refractivity contribution in [1.82, 2.24) is 0 Å². The maximum Gasteiger partial charge on any atom is 0.0487 e. The topological polar surface area (TPSA) is 3.24 Å². The molecule has 0 radical (unpaired) electrons. The lowest BCUT2D eigenvalue weighted by Crippen LogP contribution is -2.39. The van der Waals surface area contributed by atoms with Crippen LogP contribution in [0.15, 0.2) is 36.4 Å². The summed E-state index contributed by atoms with van der Waals surface area (Å²) in [6, 6.07) is 14.1. The van der Waals surface area contributed by atoms with Crippen molar-refractivity contribution in [3.05, 3.63) is 42.0 Å². The molecule has 0 spiro atoms. The Labute approximate surface area is 183 Å². The summed E-state index contributed by atoms with van der Waals surface area (Å²) in [6.45, 7) is 10.7. The van der Waals surface area contributed by atoms with Gasteiger partial charge in [0.2, 0.25) is 0 Å². The van der Waals surface area contributed by atoms with Gasteiger partial charge < -0.3 is 4.90 Å². The van der Waals surface area contributed by atoms with Crippen LogP contribution in [0.2, 0.25) is 0 Å². The van der Waals surface area contributed by atoms with Crippen LogP contribution >= 0.6 is 24.0 Å². The van der Waals surface area contributed by atoms with Crippen LogP contribution in [0.5, 0.6) is 0 Å². The van der Waals surface area contributed by atoms with Crippen LogP contribution in [-0.4, -0.2) is 12.6 Å². The maximum absolute atomic E-state index is 2.70. The smallest absolute Gasteiger partial charge is 0.0487 e. The van der Waals surface area contributed by atoms with Gasteiger partial charge in [-0.2, -0.15) is 0 Å². The molecular formula is C25H38IN. The summed E-state index contributed by atoms with van der Waals surface area (Å²) >= 11 is 0. The highest BCUT2D eigenvalue weighted by Gasteiger charge is 2.42. The summed E-state index contributed by atoms with van der Waals surface area (Å²) in [5, 5.41) is 2.80. The molecule has 0 bridgehead atoms. The van der Waals surface area contributed by atoms with Gasteiger partial charge in [-0.1, -0.05) is 102 Å². The van der Waals surface area contributed by atoms with Gasteiger partial charge in [0.15, 0.2) is 0 Å². The molecule has 0 aromatic heterocycles. The van der Waals surface area contributed by atoms with Crippen LogP contribution in [-0.2, 0) is 5.41 Å². The lowest BCUT2D eigenvalue weighted by Gasteiger charge is -2.31. The second-order valence-electron chi connectivity index (χ2n) is 8.75. The Balaban J connectivity index is 0.00000261. The molecule has 0 amide bonds. The molecule has 150 valence electrons. The Kier molecular flexibility index (Phi) is 8.45. The fourth-order valence-electron chi connectivity index (χ4n) is 4.61. The van der Waals surface area contributed by atoms with Gasteiger partial charge in [0.25, 0.3) is 0 Å². The number of hydrogen-bond acceptors (Lipinski definition) is 1. The number of fused-ring (bicyclic) bond motifs is 3. The molecule has 1 unspecified atom stereocenters. The zero-order chi connectivity index (χ0) is 18.6. The van der Waals surface area contributed by atoms with E-state index in [1.54, 1.807) is 0 Å². The molecule has 27 heavy (non-hydrogen) atoms. The summed E-state index contributed by atoms with van der Waals surface area (Å²) in [5.41, 5.74) is 3.26. The van der Waals surface area contributed by atoms with E-state index in [-0.39, 0.29) is 29.4 Å². The molecule has 1 heterocycles. The highest BCUT2D eigenvalue weighted by atomic mass is 127. The molecule has 1 aliphatic rings. The Morgan fingerprint density at radius 2 is 1.48 bits per heavy atom. The van der Waals surface area contributed by atoms with E-state index in [2.05, 4.69) is 69.0 Å². The minimum atomic E-state index is 0. The highest BCUT2D eigenvalue weighted by molar-refractivity contribution is 14.0. The maximum atomic E-state index is 2.70. The van der Waals surface area contributed by atoms with Gasteiger partial charge in [0, 0.05) is 29.1 Å². The van der Waals surface area contributed by atoms with E-state index in [0.717, 1.165) is 0 Å². The number of nitrogens with zero attached hydrogens (tertiary/aromatic N) is 1. The summed E-state index contributed by atoms with van der Waals surface area (Å²) in [5.74, 6) is 0.